The lowest BCUT2D eigenvalue weighted by Crippen LogP contribution is -2.48. The lowest BCUT2D eigenvalue weighted by molar-refractivity contribution is -0.123. The summed E-state index contributed by atoms with van der Waals surface area (Å²) >= 11 is 0. The van der Waals surface area contributed by atoms with Gasteiger partial charge in [-0.2, -0.15) is 0 Å². The van der Waals surface area contributed by atoms with Crippen molar-refractivity contribution in [3.8, 4) is 0 Å². The topological polar surface area (TPSA) is 58.4 Å². The molecule has 16 heavy (non-hydrogen) atoms. The van der Waals surface area contributed by atoms with E-state index in [2.05, 4.69) is 24.3 Å². The van der Waals surface area contributed by atoms with E-state index in [4.69, 9.17) is 5.73 Å². The highest BCUT2D eigenvalue weighted by Gasteiger charge is 2.33. The Morgan fingerprint density at radius 1 is 1.44 bits per heavy atom. The zero-order valence-corrected chi connectivity index (χ0v) is 10.9. The highest BCUT2D eigenvalue weighted by atomic mass is 16.2. The Morgan fingerprint density at radius 3 is 2.38 bits per heavy atom. The van der Waals surface area contributed by atoms with Crippen LogP contribution in [0.5, 0.6) is 0 Å². The Labute approximate surface area is 98.6 Å². The van der Waals surface area contributed by atoms with Crippen LogP contribution in [0, 0.1) is 11.8 Å². The summed E-state index contributed by atoms with van der Waals surface area (Å²) in [5.74, 6) is 0.923. The maximum Gasteiger partial charge on any atom is 0.237 e. The number of carbonyl (C=O) groups is 1. The van der Waals surface area contributed by atoms with Gasteiger partial charge in [-0.1, -0.05) is 13.8 Å². The number of nitrogens with zero attached hydrogens (tertiary/aromatic N) is 1. The van der Waals surface area contributed by atoms with Gasteiger partial charge in [0.25, 0.3) is 0 Å². The van der Waals surface area contributed by atoms with E-state index in [0.29, 0.717) is 6.04 Å². The van der Waals surface area contributed by atoms with E-state index in [1.807, 2.05) is 13.8 Å². The maximum absolute atomic E-state index is 11.7. The molecule has 94 valence electrons. The summed E-state index contributed by atoms with van der Waals surface area (Å²) in [5.41, 5.74) is 5.79. The van der Waals surface area contributed by atoms with Gasteiger partial charge >= 0.3 is 0 Å². The molecule has 2 atom stereocenters. The summed E-state index contributed by atoms with van der Waals surface area (Å²) in [6.07, 6.45) is 2.57. The highest BCUT2D eigenvalue weighted by Crippen LogP contribution is 2.34. The molecule has 0 aliphatic heterocycles. The van der Waals surface area contributed by atoms with E-state index in [-0.39, 0.29) is 17.9 Å². The second-order valence-corrected chi connectivity index (χ2v) is 5.38. The van der Waals surface area contributed by atoms with Crippen molar-refractivity contribution in [2.45, 2.75) is 38.8 Å². The summed E-state index contributed by atoms with van der Waals surface area (Å²) in [6.45, 7) is 4.65. The molecule has 1 rings (SSSR count). The minimum atomic E-state index is -0.387. The van der Waals surface area contributed by atoms with Crippen molar-refractivity contribution in [2.75, 3.05) is 20.6 Å². The van der Waals surface area contributed by atoms with E-state index >= 15 is 0 Å². The lowest BCUT2D eigenvalue weighted by atomic mass is 10.0. The Morgan fingerprint density at radius 2 is 2.00 bits per heavy atom. The molecule has 4 heteroatoms. The van der Waals surface area contributed by atoms with E-state index in [1.165, 1.54) is 12.8 Å². The average Bonchev–Trinajstić information content (AvgIpc) is 3.00. The van der Waals surface area contributed by atoms with Crippen molar-refractivity contribution in [2.24, 2.45) is 17.6 Å². The number of nitrogens with two attached hydrogens (primary N) is 1. The summed E-state index contributed by atoms with van der Waals surface area (Å²) < 4.78 is 0. The van der Waals surface area contributed by atoms with Crippen LogP contribution in [0.15, 0.2) is 0 Å². The third kappa shape index (κ3) is 3.76. The third-order valence-electron chi connectivity index (χ3n) is 3.34. The van der Waals surface area contributed by atoms with Crippen LogP contribution in [0.2, 0.25) is 0 Å². The van der Waals surface area contributed by atoms with Gasteiger partial charge in [-0.3, -0.25) is 4.79 Å². The normalized spacial score (nSPS) is 19.9. The molecule has 1 amide bonds. The first-order chi connectivity index (χ1) is 7.43. The molecule has 3 N–H and O–H groups in total. The standard InChI is InChI=1S/C12H25N3O/c1-8(2)11(13)12(16)14-7-10(15(3)4)9-5-6-9/h8-11H,5-7,13H2,1-4H3,(H,14,16)/t10?,11-/m0/s1. The molecule has 0 aromatic carbocycles. The zero-order chi connectivity index (χ0) is 12.3. The predicted octanol–water partition coefficient (Wildman–Crippen LogP) is 0.426. The third-order valence-corrected chi connectivity index (χ3v) is 3.34. The number of carbonyl (C=O) groups excluding carboxylic acids is 1. The number of hydrogen-bond donors (Lipinski definition) is 2. The van der Waals surface area contributed by atoms with E-state index in [9.17, 15) is 4.79 Å². The quantitative estimate of drug-likeness (QED) is 0.691. The van der Waals surface area contributed by atoms with Gasteiger partial charge in [-0.25, -0.2) is 0 Å². The molecular weight excluding hydrogens is 202 g/mol. The SMILES string of the molecule is CC(C)[C@H](N)C(=O)NCC(C1CC1)N(C)C. The van der Waals surface area contributed by atoms with Crippen molar-refractivity contribution < 1.29 is 4.79 Å². The van der Waals surface area contributed by atoms with Gasteiger partial charge in [0.05, 0.1) is 6.04 Å². The van der Waals surface area contributed by atoms with Gasteiger partial charge < -0.3 is 16.0 Å². The minimum absolute atomic E-state index is 0.0255. The fourth-order valence-electron chi connectivity index (χ4n) is 1.88. The maximum atomic E-state index is 11.7. The first-order valence-electron chi connectivity index (χ1n) is 6.13. The van der Waals surface area contributed by atoms with Crippen LogP contribution in [0.4, 0.5) is 0 Å². The van der Waals surface area contributed by atoms with E-state index in [0.717, 1.165) is 12.5 Å². The molecule has 1 fully saturated rings. The monoisotopic (exact) mass is 227 g/mol. The molecule has 0 saturated heterocycles. The minimum Gasteiger partial charge on any atom is -0.353 e. The van der Waals surface area contributed by atoms with Crippen LogP contribution in [-0.2, 0) is 4.79 Å². The largest absolute Gasteiger partial charge is 0.353 e. The molecule has 1 aliphatic rings. The first-order valence-corrected chi connectivity index (χ1v) is 6.13. The Bertz CT molecular complexity index is 234. The fraction of sp³-hybridized carbons (Fsp3) is 0.917. The van der Waals surface area contributed by atoms with Crippen LogP contribution in [0.25, 0.3) is 0 Å². The van der Waals surface area contributed by atoms with Gasteiger partial charge in [0.2, 0.25) is 5.91 Å². The molecule has 4 nitrogen and oxygen atoms in total. The number of hydrogen-bond acceptors (Lipinski definition) is 3. The highest BCUT2D eigenvalue weighted by molar-refractivity contribution is 5.81. The van der Waals surface area contributed by atoms with Crippen LogP contribution in [0.3, 0.4) is 0 Å². The van der Waals surface area contributed by atoms with E-state index in [1.54, 1.807) is 0 Å². The number of rotatable bonds is 6. The van der Waals surface area contributed by atoms with Gasteiger partial charge in [-0.15, -0.1) is 0 Å². The smallest absolute Gasteiger partial charge is 0.237 e. The molecule has 1 unspecified atom stereocenters. The van der Waals surface area contributed by atoms with Crippen LogP contribution < -0.4 is 11.1 Å². The number of nitrogens with one attached hydrogen (secondary N) is 1. The Hall–Kier alpha value is -0.610. The molecular formula is C12H25N3O. The summed E-state index contributed by atoms with van der Waals surface area (Å²) in [6, 6.07) is 0.0744. The molecule has 0 radical (unpaired) electrons. The van der Waals surface area contributed by atoms with Gasteiger partial charge in [0.15, 0.2) is 0 Å². The van der Waals surface area contributed by atoms with Gasteiger partial charge in [0, 0.05) is 12.6 Å². The molecule has 0 bridgehead atoms. The van der Waals surface area contributed by atoms with Crippen molar-refractivity contribution >= 4 is 5.91 Å². The zero-order valence-electron chi connectivity index (χ0n) is 10.9. The average molecular weight is 227 g/mol. The summed E-state index contributed by atoms with van der Waals surface area (Å²) in [7, 11) is 4.13. The molecule has 1 aliphatic carbocycles. The number of likely N-dealkylation sites (N-methyl/N-ethyl adjacent to an activating group) is 1. The van der Waals surface area contributed by atoms with Crippen LogP contribution in [0.1, 0.15) is 26.7 Å². The summed E-state index contributed by atoms with van der Waals surface area (Å²) in [5, 5.41) is 2.96. The van der Waals surface area contributed by atoms with Crippen molar-refractivity contribution in [1.82, 2.24) is 10.2 Å². The Balaban J connectivity index is 2.34. The second kappa shape index (κ2) is 5.64. The van der Waals surface area contributed by atoms with Crippen molar-refractivity contribution in [1.29, 1.82) is 0 Å². The molecule has 0 heterocycles. The molecule has 0 aromatic heterocycles. The Kier molecular flexibility index (Phi) is 4.74. The van der Waals surface area contributed by atoms with Crippen LogP contribution >= 0.6 is 0 Å². The molecule has 0 spiro atoms. The number of amides is 1. The van der Waals surface area contributed by atoms with Gasteiger partial charge in [0.1, 0.15) is 0 Å². The fourth-order valence-corrected chi connectivity index (χ4v) is 1.88. The van der Waals surface area contributed by atoms with Crippen LogP contribution in [-0.4, -0.2) is 43.5 Å². The van der Waals surface area contributed by atoms with Crippen molar-refractivity contribution in [3.05, 3.63) is 0 Å². The molecule has 0 aromatic rings. The first kappa shape index (κ1) is 13.5. The molecule has 1 saturated carbocycles. The van der Waals surface area contributed by atoms with Crippen molar-refractivity contribution in [3.63, 3.8) is 0 Å². The van der Waals surface area contributed by atoms with E-state index < -0.39 is 0 Å². The lowest BCUT2D eigenvalue weighted by Gasteiger charge is -2.25. The van der Waals surface area contributed by atoms with Gasteiger partial charge in [-0.05, 0) is 38.8 Å². The summed E-state index contributed by atoms with van der Waals surface area (Å²) in [4.78, 5) is 13.9. The predicted molar refractivity (Wildman–Crippen MR) is 66.0 cm³/mol. The second-order valence-electron chi connectivity index (χ2n) is 5.38.